The number of carbonyl (C=O) groups is 2. The lowest BCUT2D eigenvalue weighted by atomic mass is 10.1. The van der Waals surface area contributed by atoms with Gasteiger partial charge in [0.25, 0.3) is 0 Å². The number of hydrogen-bond donors (Lipinski definition) is 3. The molecule has 0 aromatic rings. The summed E-state index contributed by atoms with van der Waals surface area (Å²) in [4.78, 5) is 22.4. The van der Waals surface area contributed by atoms with Gasteiger partial charge in [-0.2, -0.15) is 0 Å². The first-order valence-electron chi connectivity index (χ1n) is 6.20. The zero-order valence-corrected chi connectivity index (χ0v) is 11.2. The molecule has 0 spiro atoms. The smallest absolute Gasteiger partial charge is 0.314 e. The Labute approximate surface area is 107 Å². The number of urea groups is 1. The predicted octanol–water partition coefficient (Wildman–Crippen LogP) is 0.965. The van der Waals surface area contributed by atoms with E-state index in [0.717, 1.165) is 0 Å². The number of carboxylic acid groups (broad SMARTS) is 1. The molecular formula is C12H22N2O4. The van der Waals surface area contributed by atoms with E-state index >= 15 is 0 Å². The summed E-state index contributed by atoms with van der Waals surface area (Å²) in [5.41, 5.74) is -1.15. The van der Waals surface area contributed by atoms with Gasteiger partial charge in [-0.3, -0.25) is 4.79 Å². The van der Waals surface area contributed by atoms with Gasteiger partial charge < -0.3 is 20.5 Å². The van der Waals surface area contributed by atoms with Crippen molar-refractivity contribution in [3.63, 3.8) is 0 Å². The second-order valence-corrected chi connectivity index (χ2v) is 5.31. The van der Waals surface area contributed by atoms with Crippen molar-refractivity contribution < 1.29 is 19.4 Å². The molecule has 1 rings (SSSR count). The van der Waals surface area contributed by atoms with E-state index in [-0.39, 0.29) is 12.6 Å². The Balaban J connectivity index is 2.24. The lowest BCUT2D eigenvalue weighted by Gasteiger charge is -2.25. The maximum Gasteiger partial charge on any atom is 0.314 e. The molecule has 0 unspecified atom stereocenters. The highest BCUT2D eigenvalue weighted by Gasteiger charge is 2.50. The van der Waals surface area contributed by atoms with Gasteiger partial charge >= 0.3 is 12.0 Å². The van der Waals surface area contributed by atoms with Crippen LogP contribution < -0.4 is 10.6 Å². The minimum absolute atomic E-state index is 0.184. The summed E-state index contributed by atoms with van der Waals surface area (Å²) in [7, 11) is 0. The number of rotatable bonds is 7. The van der Waals surface area contributed by atoms with Crippen molar-refractivity contribution in [3.8, 4) is 0 Å². The number of ether oxygens (including phenoxy) is 1. The van der Waals surface area contributed by atoms with Gasteiger partial charge in [-0.05, 0) is 33.6 Å². The molecule has 0 aromatic heterocycles. The Morgan fingerprint density at radius 3 is 2.39 bits per heavy atom. The van der Waals surface area contributed by atoms with E-state index in [1.807, 2.05) is 20.8 Å². The standard InChI is InChI=1S/C12H22N2O4/c1-4-18-11(2,3)7-13-10(17)14-8-12(5-6-12)9(15)16/h4-8H2,1-3H3,(H,15,16)(H2,13,14,17). The largest absolute Gasteiger partial charge is 0.481 e. The molecule has 0 heterocycles. The third kappa shape index (κ3) is 4.18. The van der Waals surface area contributed by atoms with Gasteiger partial charge in [-0.15, -0.1) is 0 Å². The van der Waals surface area contributed by atoms with E-state index in [1.165, 1.54) is 0 Å². The van der Waals surface area contributed by atoms with Gasteiger partial charge in [0.05, 0.1) is 11.0 Å². The topological polar surface area (TPSA) is 87.7 Å². The number of hydrogen-bond acceptors (Lipinski definition) is 3. The summed E-state index contributed by atoms with van der Waals surface area (Å²) < 4.78 is 5.44. The number of carboxylic acids is 1. The van der Waals surface area contributed by atoms with Crippen LogP contribution >= 0.6 is 0 Å². The zero-order valence-electron chi connectivity index (χ0n) is 11.2. The van der Waals surface area contributed by atoms with Crippen molar-refractivity contribution in [2.45, 2.75) is 39.2 Å². The SMILES string of the molecule is CCOC(C)(C)CNC(=O)NCC1(C(=O)O)CC1. The van der Waals surface area contributed by atoms with Crippen molar-refractivity contribution in [1.29, 1.82) is 0 Å². The van der Waals surface area contributed by atoms with Crippen LogP contribution in [0.25, 0.3) is 0 Å². The molecule has 0 aliphatic heterocycles. The minimum Gasteiger partial charge on any atom is -0.481 e. The molecule has 0 bridgehead atoms. The fourth-order valence-electron chi connectivity index (χ4n) is 1.66. The van der Waals surface area contributed by atoms with Crippen molar-refractivity contribution in [2.24, 2.45) is 5.41 Å². The number of aliphatic carboxylic acids is 1. The number of nitrogens with one attached hydrogen (secondary N) is 2. The number of carbonyl (C=O) groups excluding carboxylic acids is 1. The molecule has 1 saturated carbocycles. The van der Waals surface area contributed by atoms with Crippen LogP contribution in [0.15, 0.2) is 0 Å². The summed E-state index contributed by atoms with van der Waals surface area (Å²) in [6.07, 6.45) is 1.26. The van der Waals surface area contributed by atoms with Crippen molar-refractivity contribution in [1.82, 2.24) is 10.6 Å². The lowest BCUT2D eigenvalue weighted by molar-refractivity contribution is -0.143. The fourth-order valence-corrected chi connectivity index (χ4v) is 1.66. The first-order chi connectivity index (χ1) is 8.31. The van der Waals surface area contributed by atoms with Crippen LogP contribution in [0.3, 0.4) is 0 Å². The summed E-state index contributed by atoms with van der Waals surface area (Å²) in [6, 6.07) is -0.352. The Morgan fingerprint density at radius 2 is 1.94 bits per heavy atom. The Hall–Kier alpha value is -1.30. The summed E-state index contributed by atoms with van der Waals surface area (Å²) in [6.45, 7) is 6.81. The van der Waals surface area contributed by atoms with E-state index in [9.17, 15) is 9.59 Å². The van der Waals surface area contributed by atoms with E-state index in [1.54, 1.807) is 0 Å². The maximum atomic E-state index is 11.5. The van der Waals surface area contributed by atoms with E-state index in [2.05, 4.69) is 10.6 Å². The van der Waals surface area contributed by atoms with Crippen LogP contribution in [-0.4, -0.2) is 42.4 Å². The van der Waals surface area contributed by atoms with Gasteiger partial charge in [0.2, 0.25) is 0 Å². The summed E-state index contributed by atoms with van der Waals surface area (Å²) >= 11 is 0. The van der Waals surface area contributed by atoms with E-state index in [0.29, 0.717) is 26.0 Å². The van der Waals surface area contributed by atoms with Crippen LogP contribution in [-0.2, 0) is 9.53 Å². The minimum atomic E-state index is -0.836. The van der Waals surface area contributed by atoms with Gasteiger partial charge in [0.1, 0.15) is 0 Å². The van der Waals surface area contributed by atoms with Gasteiger partial charge in [0.15, 0.2) is 0 Å². The quantitative estimate of drug-likeness (QED) is 0.635. The molecule has 0 saturated heterocycles. The average Bonchev–Trinajstić information content (AvgIpc) is 3.05. The maximum absolute atomic E-state index is 11.5. The van der Waals surface area contributed by atoms with Gasteiger partial charge in [-0.25, -0.2) is 4.79 Å². The monoisotopic (exact) mass is 258 g/mol. The third-order valence-corrected chi connectivity index (χ3v) is 3.10. The summed E-state index contributed by atoms with van der Waals surface area (Å²) in [5, 5.41) is 14.2. The molecule has 0 aromatic carbocycles. The lowest BCUT2D eigenvalue weighted by Crippen LogP contribution is -2.46. The molecule has 1 aliphatic rings. The predicted molar refractivity (Wildman–Crippen MR) is 66.4 cm³/mol. The average molecular weight is 258 g/mol. The van der Waals surface area contributed by atoms with Crippen molar-refractivity contribution >= 4 is 12.0 Å². The number of amides is 2. The van der Waals surface area contributed by atoms with Crippen LogP contribution in [0.5, 0.6) is 0 Å². The first kappa shape index (κ1) is 14.8. The van der Waals surface area contributed by atoms with E-state index < -0.39 is 17.0 Å². The highest BCUT2D eigenvalue weighted by atomic mass is 16.5. The third-order valence-electron chi connectivity index (χ3n) is 3.10. The van der Waals surface area contributed by atoms with Crippen LogP contribution in [0.2, 0.25) is 0 Å². The molecule has 2 amide bonds. The molecule has 18 heavy (non-hydrogen) atoms. The van der Waals surface area contributed by atoms with Crippen LogP contribution in [0, 0.1) is 5.41 Å². The highest BCUT2D eigenvalue weighted by Crippen LogP contribution is 2.45. The Morgan fingerprint density at radius 1 is 1.33 bits per heavy atom. The van der Waals surface area contributed by atoms with Crippen molar-refractivity contribution in [2.75, 3.05) is 19.7 Å². The fraction of sp³-hybridized carbons (Fsp3) is 0.833. The Bertz CT molecular complexity index is 324. The molecule has 0 atom stereocenters. The second-order valence-electron chi connectivity index (χ2n) is 5.31. The van der Waals surface area contributed by atoms with Gasteiger partial charge in [0, 0.05) is 19.7 Å². The van der Waals surface area contributed by atoms with Gasteiger partial charge in [-0.1, -0.05) is 0 Å². The second kappa shape index (κ2) is 5.56. The molecule has 1 aliphatic carbocycles. The van der Waals surface area contributed by atoms with Crippen LogP contribution in [0.1, 0.15) is 33.6 Å². The molecule has 1 fully saturated rings. The van der Waals surface area contributed by atoms with Crippen LogP contribution in [0.4, 0.5) is 4.79 Å². The zero-order chi connectivity index (χ0) is 13.8. The molecular weight excluding hydrogens is 236 g/mol. The molecule has 0 radical (unpaired) electrons. The molecule has 6 heteroatoms. The molecule has 104 valence electrons. The normalized spacial score (nSPS) is 17.1. The molecule has 3 N–H and O–H groups in total. The first-order valence-corrected chi connectivity index (χ1v) is 6.20. The van der Waals surface area contributed by atoms with Crippen molar-refractivity contribution in [3.05, 3.63) is 0 Å². The van der Waals surface area contributed by atoms with E-state index in [4.69, 9.17) is 9.84 Å². The summed E-state index contributed by atoms with van der Waals surface area (Å²) in [5.74, 6) is -0.836. The molecule has 6 nitrogen and oxygen atoms in total. The highest BCUT2D eigenvalue weighted by molar-refractivity contribution is 5.80. The Kier molecular flexibility index (Phi) is 4.56.